The van der Waals surface area contributed by atoms with Gasteiger partial charge < -0.3 is 16.0 Å². The number of nitrogens with two attached hydrogens (primary N) is 1. The molecule has 2 aromatic rings. The normalized spacial score (nSPS) is 17.2. The molecule has 1 aromatic heterocycles. The number of nitrogen functional groups attached to an aromatic ring is 1. The summed E-state index contributed by atoms with van der Waals surface area (Å²) in [7, 11) is 0. The molecular weight excluding hydrogens is 337 g/mol. The van der Waals surface area contributed by atoms with E-state index in [4.69, 9.17) is 17.3 Å². The minimum Gasteiger partial charge on any atom is -0.382 e. The molecule has 7 nitrogen and oxygen atoms in total. The van der Waals surface area contributed by atoms with E-state index in [1.165, 1.54) is 29.4 Å². The number of halogens is 2. The highest BCUT2D eigenvalue weighted by molar-refractivity contribution is 6.30. The second-order valence-electron chi connectivity index (χ2n) is 5.19. The van der Waals surface area contributed by atoms with Gasteiger partial charge >= 0.3 is 0 Å². The standard InChI is InChI=1S/C15H13ClFN5O2/c16-9-2-1-8(7-10(9)17)22-6-3-11(15(22)24)21-14(23)12-13(18)20-5-4-19-12/h1-2,4-5,7,11H,3,6H2,(H2,18,20)(H,21,23). The largest absolute Gasteiger partial charge is 0.382 e. The molecule has 1 fully saturated rings. The molecule has 2 heterocycles. The fraction of sp³-hybridized carbons (Fsp3) is 0.200. The smallest absolute Gasteiger partial charge is 0.274 e. The molecule has 0 spiro atoms. The van der Waals surface area contributed by atoms with Gasteiger partial charge in [0.05, 0.1) is 5.02 Å². The molecule has 1 atom stereocenters. The molecule has 1 aromatic carbocycles. The molecule has 1 aliphatic rings. The summed E-state index contributed by atoms with van der Waals surface area (Å²) < 4.78 is 13.6. The average Bonchev–Trinajstić information content (AvgIpc) is 2.91. The Morgan fingerprint density at radius 3 is 2.83 bits per heavy atom. The molecule has 124 valence electrons. The molecule has 24 heavy (non-hydrogen) atoms. The first-order chi connectivity index (χ1) is 11.5. The first-order valence-electron chi connectivity index (χ1n) is 7.11. The zero-order chi connectivity index (χ0) is 17.3. The molecular formula is C15H13ClFN5O2. The van der Waals surface area contributed by atoms with Gasteiger partial charge in [0.1, 0.15) is 11.9 Å². The van der Waals surface area contributed by atoms with Crippen LogP contribution in [0.2, 0.25) is 5.02 Å². The summed E-state index contributed by atoms with van der Waals surface area (Å²) in [4.78, 5) is 33.6. The third kappa shape index (κ3) is 3.00. The third-order valence-corrected chi connectivity index (χ3v) is 3.97. The molecule has 1 aliphatic heterocycles. The van der Waals surface area contributed by atoms with Crippen molar-refractivity contribution in [1.82, 2.24) is 15.3 Å². The van der Waals surface area contributed by atoms with Gasteiger partial charge in [0.15, 0.2) is 11.5 Å². The maximum Gasteiger partial charge on any atom is 0.274 e. The Bertz CT molecular complexity index is 816. The number of hydrogen-bond donors (Lipinski definition) is 2. The molecule has 3 N–H and O–H groups in total. The van der Waals surface area contributed by atoms with Crippen LogP contribution in [-0.4, -0.2) is 34.4 Å². The fourth-order valence-corrected chi connectivity index (χ4v) is 2.59. The SMILES string of the molecule is Nc1nccnc1C(=O)NC1CCN(c2ccc(Cl)c(F)c2)C1=O. The van der Waals surface area contributed by atoms with Crippen molar-refractivity contribution in [3.05, 3.63) is 47.1 Å². The molecule has 0 radical (unpaired) electrons. The van der Waals surface area contributed by atoms with Crippen molar-refractivity contribution in [3.63, 3.8) is 0 Å². The number of nitrogens with zero attached hydrogens (tertiary/aromatic N) is 3. The van der Waals surface area contributed by atoms with Crippen molar-refractivity contribution in [2.75, 3.05) is 17.2 Å². The first kappa shape index (κ1) is 16.1. The Labute approximate surface area is 141 Å². The summed E-state index contributed by atoms with van der Waals surface area (Å²) >= 11 is 5.64. The molecule has 0 saturated carbocycles. The second-order valence-corrected chi connectivity index (χ2v) is 5.60. The lowest BCUT2D eigenvalue weighted by Crippen LogP contribution is -2.42. The average molecular weight is 350 g/mol. The van der Waals surface area contributed by atoms with Crippen LogP contribution in [0.1, 0.15) is 16.9 Å². The Hall–Kier alpha value is -2.74. The predicted molar refractivity (Wildman–Crippen MR) is 86.1 cm³/mol. The number of benzene rings is 1. The molecule has 0 bridgehead atoms. The second kappa shape index (κ2) is 6.40. The summed E-state index contributed by atoms with van der Waals surface area (Å²) in [5, 5.41) is 2.56. The number of aromatic nitrogens is 2. The van der Waals surface area contributed by atoms with Gasteiger partial charge in [-0.2, -0.15) is 0 Å². The lowest BCUT2D eigenvalue weighted by Gasteiger charge is -2.17. The number of anilines is 2. The van der Waals surface area contributed by atoms with E-state index in [1.54, 1.807) is 6.07 Å². The summed E-state index contributed by atoms with van der Waals surface area (Å²) in [6, 6.07) is 3.38. The van der Waals surface area contributed by atoms with E-state index in [0.717, 1.165) is 0 Å². The number of carbonyl (C=O) groups is 2. The van der Waals surface area contributed by atoms with Crippen molar-refractivity contribution in [2.24, 2.45) is 0 Å². The van der Waals surface area contributed by atoms with Gasteiger partial charge in [0.25, 0.3) is 5.91 Å². The van der Waals surface area contributed by atoms with Crippen LogP contribution >= 0.6 is 11.6 Å². The summed E-state index contributed by atoms with van der Waals surface area (Å²) in [6.07, 6.45) is 3.09. The van der Waals surface area contributed by atoms with Crippen molar-refractivity contribution >= 4 is 34.9 Å². The zero-order valence-corrected chi connectivity index (χ0v) is 13.1. The summed E-state index contributed by atoms with van der Waals surface area (Å²) in [5.41, 5.74) is 5.94. The molecule has 1 saturated heterocycles. The van der Waals surface area contributed by atoms with Gasteiger partial charge in [-0.05, 0) is 24.6 Å². The van der Waals surface area contributed by atoms with E-state index >= 15 is 0 Å². The van der Waals surface area contributed by atoms with Gasteiger partial charge in [-0.3, -0.25) is 9.59 Å². The van der Waals surface area contributed by atoms with Gasteiger partial charge in [-0.25, -0.2) is 14.4 Å². The van der Waals surface area contributed by atoms with Crippen molar-refractivity contribution in [1.29, 1.82) is 0 Å². The summed E-state index contributed by atoms with van der Waals surface area (Å²) in [6.45, 7) is 0.348. The van der Waals surface area contributed by atoms with Crippen molar-refractivity contribution in [3.8, 4) is 0 Å². The third-order valence-electron chi connectivity index (χ3n) is 3.67. The van der Waals surface area contributed by atoms with Crippen LogP contribution < -0.4 is 16.0 Å². The Morgan fingerprint density at radius 1 is 1.38 bits per heavy atom. The highest BCUT2D eigenvalue weighted by Gasteiger charge is 2.34. The lowest BCUT2D eigenvalue weighted by molar-refractivity contribution is -0.118. The first-order valence-corrected chi connectivity index (χ1v) is 7.49. The molecule has 1 unspecified atom stereocenters. The highest BCUT2D eigenvalue weighted by Crippen LogP contribution is 2.26. The zero-order valence-electron chi connectivity index (χ0n) is 12.4. The van der Waals surface area contributed by atoms with Crippen LogP contribution in [0, 0.1) is 5.82 Å². The number of hydrogen-bond acceptors (Lipinski definition) is 5. The minimum absolute atomic E-state index is 0.0166. The molecule has 0 aliphatic carbocycles. The number of amides is 2. The minimum atomic E-state index is -0.738. The van der Waals surface area contributed by atoms with E-state index in [2.05, 4.69) is 15.3 Å². The van der Waals surface area contributed by atoms with Gasteiger partial charge in [0.2, 0.25) is 5.91 Å². The monoisotopic (exact) mass is 349 g/mol. The van der Waals surface area contributed by atoms with Gasteiger partial charge in [-0.1, -0.05) is 11.6 Å². The van der Waals surface area contributed by atoms with Crippen molar-refractivity contribution < 1.29 is 14.0 Å². The Kier molecular flexibility index (Phi) is 4.30. The fourth-order valence-electron chi connectivity index (χ4n) is 2.47. The van der Waals surface area contributed by atoms with E-state index in [9.17, 15) is 14.0 Å². The van der Waals surface area contributed by atoms with E-state index in [0.29, 0.717) is 18.7 Å². The summed E-state index contributed by atoms with van der Waals surface area (Å²) in [5.74, 6) is -1.55. The van der Waals surface area contributed by atoms with Crippen LogP contribution in [0.5, 0.6) is 0 Å². The van der Waals surface area contributed by atoms with Crippen LogP contribution in [0.4, 0.5) is 15.9 Å². The van der Waals surface area contributed by atoms with E-state index in [1.807, 2.05) is 0 Å². The number of rotatable bonds is 3. The lowest BCUT2D eigenvalue weighted by atomic mass is 10.2. The van der Waals surface area contributed by atoms with Crippen LogP contribution in [0.3, 0.4) is 0 Å². The Balaban J connectivity index is 1.73. The maximum atomic E-state index is 13.6. The molecule has 9 heteroatoms. The van der Waals surface area contributed by atoms with Gasteiger partial charge in [0, 0.05) is 24.6 Å². The maximum absolute atomic E-state index is 13.6. The topological polar surface area (TPSA) is 101 Å². The van der Waals surface area contributed by atoms with Crippen molar-refractivity contribution in [2.45, 2.75) is 12.5 Å². The quantitative estimate of drug-likeness (QED) is 0.872. The highest BCUT2D eigenvalue weighted by atomic mass is 35.5. The van der Waals surface area contributed by atoms with Crippen LogP contribution in [0.15, 0.2) is 30.6 Å². The predicted octanol–water partition coefficient (Wildman–Crippen LogP) is 1.39. The van der Waals surface area contributed by atoms with Crippen LogP contribution in [0.25, 0.3) is 0 Å². The molecule has 2 amide bonds. The Morgan fingerprint density at radius 2 is 2.12 bits per heavy atom. The van der Waals surface area contributed by atoms with Gasteiger partial charge in [-0.15, -0.1) is 0 Å². The number of carbonyl (C=O) groups excluding carboxylic acids is 2. The molecule has 3 rings (SSSR count). The van der Waals surface area contributed by atoms with Crippen LogP contribution in [-0.2, 0) is 4.79 Å². The number of nitrogens with one attached hydrogen (secondary N) is 1. The van der Waals surface area contributed by atoms with E-state index < -0.39 is 17.8 Å². The van der Waals surface area contributed by atoms with E-state index in [-0.39, 0.29) is 22.4 Å².